The van der Waals surface area contributed by atoms with Crippen molar-refractivity contribution in [2.24, 2.45) is 0 Å². The third kappa shape index (κ3) is 4.63. The molecule has 2 aliphatic rings. The molecule has 2 unspecified atom stereocenters. The van der Waals surface area contributed by atoms with Gasteiger partial charge in [-0.2, -0.15) is 0 Å². The Morgan fingerprint density at radius 3 is 2.93 bits per heavy atom. The number of carbonyl (C=O) groups excluding carboxylic acids is 1. The SMILES string of the molecule is CCCCOc1ccccc1C1CC(C(=O)NCc2ccc3c(c2)OCO3)NN1. The van der Waals surface area contributed by atoms with Gasteiger partial charge in [0.25, 0.3) is 0 Å². The highest BCUT2D eigenvalue weighted by Gasteiger charge is 2.31. The molecule has 2 aromatic rings. The van der Waals surface area contributed by atoms with Gasteiger partial charge in [0.15, 0.2) is 11.5 Å². The van der Waals surface area contributed by atoms with E-state index in [4.69, 9.17) is 14.2 Å². The van der Waals surface area contributed by atoms with Crippen LogP contribution in [-0.2, 0) is 11.3 Å². The number of hydrazine groups is 1. The van der Waals surface area contributed by atoms with Crippen LogP contribution in [0.2, 0.25) is 0 Å². The summed E-state index contributed by atoms with van der Waals surface area (Å²) in [6.07, 6.45) is 2.77. The first-order valence-electron chi connectivity index (χ1n) is 10.1. The number of para-hydroxylation sites is 1. The molecular formula is C22H27N3O4. The fraction of sp³-hybridized carbons (Fsp3) is 0.409. The largest absolute Gasteiger partial charge is 0.493 e. The van der Waals surface area contributed by atoms with Crippen LogP contribution in [0.15, 0.2) is 42.5 Å². The first kappa shape index (κ1) is 19.5. The lowest BCUT2D eigenvalue weighted by molar-refractivity contribution is -0.123. The van der Waals surface area contributed by atoms with Crippen LogP contribution in [0.4, 0.5) is 0 Å². The molecule has 29 heavy (non-hydrogen) atoms. The Balaban J connectivity index is 1.32. The summed E-state index contributed by atoms with van der Waals surface area (Å²) in [5, 5.41) is 2.99. The fourth-order valence-corrected chi connectivity index (χ4v) is 3.52. The molecular weight excluding hydrogens is 370 g/mol. The fourth-order valence-electron chi connectivity index (χ4n) is 3.52. The monoisotopic (exact) mass is 397 g/mol. The Hall–Kier alpha value is -2.77. The number of benzene rings is 2. The number of hydrogen-bond acceptors (Lipinski definition) is 6. The van der Waals surface area contributed by atoms with Crippen LogP contribution in [-0.4, -0.2) is 25.3 Å². The molecule has 0 saturated carbocycles. The first-order chi connectivity index (χ1) is 14.2. The van der Waals surface area contributed by atoms with E-state index in [0.717, 1.165) is 41.2 Å². The van der Waals surface area contributed by atoms with E-state index >= 15 is 0 Å². The molecule has 7 heteroatoms. The van der Waals surface area contributed by atoms with Gasteiger partial charge in [-0.05, 0) is 36.6 Å². The zero-order chi connectivity index (χ0) is 20.1. The van der Waals surface area contributed by atoms with Crippen LogP contribution in [0.5, 0.6) is 17.2 Å². The number of amides is 1. The summed E-state index contributed by atoms with van der Waals surface area (Å²) in [7, 11) is 0. The number of unbranched alkanes of at least 4 members (excludes halogenated alkanes) is 1. The van der Waals surface area contributed by atoms with Gasteiger partial charge in [0.1, 0.15) is 11.8 Å². The van der Waals surface area contributed by atoms with Crippen molar-refractivity contribution in [3.8, 4) is 17.2 Å². The van der Waals surface area contributed by atoms with Crippen molar-refractivity contribution in [1.82, 2.24) is 16.2 Å². The summed E-state index contributed by atoms with van der Waals surface area (Å²) in [4.78, 5) is 12.6. The molecule has 2 atom stereocenters. The van der Waals surface area contributed by atoms with Crippen molar-refractivity contribution in [2.45, 2.75) is 44.8 Å². The molecule has 1 saturated heterocycles. The third-order valence-electron chi connectivity index (χ3n) is 5.17. The molecule has 7 nitrogen and oxygen atoms in total. The average molecular weight is 397 g/mol. The van der Waals surface area contributed by atoms with Crippen LogP contribution in [0.25, 0.3) is 0 Å². The Morgan fingerprint density at radius 1 is 1.17 bits per heavy atom. The van der Waals surface area contributed by atoms with Crippen molar-refractivity contribution in [3.05, 3.63) is 53.6 Å². The smallest absolute Gasteiger partial charge is 0.238 e. The number of nitrogens with one attached hydrogen (secondary N) is 3. The molecule has 2 aliphatic heterocycles. The minimum Gasteiger partial charge on any atom is -0.493 e. The molecule has 0 bridgehead atoms. The Bertz CT molecular complexity index is 858. The van der Waals surface area contributed by atoms with E-state index in [1.807, 2.05) is 42.5 Å². The molecule has 0 aromatic heterocycles. The molecule has 0 spiro atoms. The van der Waals surface area contributed by atoms with Crippen molar-refractivity contribution in [2.75, 3.05) is 13.4 Å². The minimum atomic E-state index is -0.308. The van der Waals surface area contributed by atoms with Gasteiger partial charge in [-0.25, -0.2) is 10.9 Å². The number of ether oxygens (including phenoxy) is 3. The molecule has 2 aromatic carbocycles. The van der Waals surface area contributed by atoms with Gasteiger partial charge in [0, 0.05) is 12.1 Å². The highest BCUT2D eigenvalue weighted by atomic mass is 16.7. The summed E-state index contributed by atoms with van der Waals surface area (Å²) in [6.45, 7) is 3.53. The summed E-state index contributed by atoms with van der Waals surface area (Å²) < 4.78 is 16.6. The van der Waals surface area contributed by atoms with E-state index in [9.17, 15) is 4.79 Å². The second kappa shape index (κ2) is 9.15. The summed E-state index contributed by atoms with van der Waals surface area (Å²) in [6, 6.07) is 13.4. The number of fused-ring (bicyclic) bond motifs is 1. The predicted octanol–water partition coefficient (Wildman–Crippen LogP) is 2.82. The minimum absolute atomic E-state index is 0.0223. The lowest BCUT2D eigenvalue weighted by Gasteiger charge is -2.16. The topological polar surface area (TPSA) is 80.9 Å². The third-order valence-corrected chi connectivity index (χ3v) is 5.17. The molecule has 3 N–H and O–H groups in total. The zero-order valence-corrected chi connectivity index (χ0v) is 16.6. The van der Waals surface area contributed by atoms with Crippen molar-refractivity contribution in [3.63, 3.8) is 0 Å². The van der Waals surface area contributed by atoms with E-state index < -0.39 is 0 Å². The van der Waals surface area contributed by atoms with Gasteiger partial charge < -0.3 is 19.5 Å². The van der Waals surface area contributed by atoms with Crippen molar-refractivity contribution in [1.29, 1.82) is 0 Å². The van der Waals surface area contributed by atoms with E-state index in [-0.39, 0.29) is 24.8 Å². The van der Waals surface area contributed by atoms with Gasteiger partial charge in [0.05, 0.1) is 12.6 Å². The normalized spacial score (nSPS) is 19.9. The van der Waals surface area contributed by atoms with Crippen molar-refractivity contribution >= 4 is 5.91 Å². The Labute approximate surface area is 170 Å². The molecule has 1 amide bonds. The average Bonchev–Trinajstić information content (AvgIpc) is 3.42. The summed E-state index contributed by atoms with van der Waals surface area (Å²) >= 11 is 0. The standard InChI is InChI=1S/C22H27N3O4/c1-2-3-10-27-19-7-5-4-6-16(19)17-12-18(25-24-17)22(26)23-13-15-8-9-20-21(11-15)29-14-28-20/h4-9,11,17-18,24-25H,2-3,10,12-14H2,1H3,(H,23,26). The van der Waals surface area contributed by atoms with Crippen LogP contribution in [0, 0.1) is 0 Å². The molecule has 2 heterocycles. The van der Waals surface area contributed by atoms with Gasteiger partial charge in [-0.3, -0.25) is 4.79 Å². The van der Waals surface area contributed by atoms with E-state index in [2.05, 4.69) is 23.1 Å². The zero-order valence-electron chi connectivity index (χ0n) is 16.6. The van der Waals surface area contributed by atoms with Crippen LogP contribution in [0.1, 0.15) is 43.4 Å². The van der Waals surface area contributed by atoms with E-state index in [1.54, 1.807) is 0 Å². The molecule has 0 aliphatic carbocycles. The summed E-state index contributed by atoms with van der Waals surface area (Å²) in [5.41, 5.74) is 8.40. The van der Waals surface area contributed by atoms with E-state index in [1.165, 1.54) is 0 Å². The van der Waals surface area contributed by atoms with Crippen LogP contribution >= 0.6 is 0 Å². The number of hydrogen-bond donors (Lipinski definition) is 3. The summed E-state index contributed by atoms with van der Waals surface area (Å²) in [5.74, 6) is 2.30. The lowest BCUT2D eigenvalue weighted by atomic mass is 10.0. The second-order valence-corrected chi connectivity index (χ2v) is 7.27. The molecule has 4 rings (SSSR count). The van der Waals surface area contributed by atoms with Gasteiger partial charge >= 0.3 is 0 Å². The van der Waals surface area contributed by atoms with Crippen LogP contribution in [0.3, 0.4) is 0 Å². The first-order valence-corrected chi connectivity index (χ1v) is 10.1. The van der Waals surface area contributed by atoms with Crippen molar-refractivity contribution < 1.29 is 19.0 Å². The second-order valence-electron chi connectivity index (χ2n) is 7.27. The molecule has 1 fully saturated rings. The van der Waals surface area contributed by atoms with E-state index in [0.29, 0.717) is 19.6 Å². The molecule has 0 radical (unpaired) electrons. The lowest BCUT2D eigenvalue weighted by Crippen LogP contribution is -2.42. The molecule has 154 valence electrons. The number of carbonyl (C=O) groups is 1. The van der Waals surface area contributed by atoms with Gasteiger partial charge in [-0.1, -0.05) is 37.6 Å². The van der Waals surface area contributed by atoms with Gasteiger partial charge in [-0.15, -0.1) is 0 Å². The number of rotatable bonds is 8. The Kier molecular flexibility index (Phi) is 6.17. The predicted molar refractivity (Wildman–Crippen MR) is 109 cm³/mol. The maximum absolute atomic E-state index is 12.6. The quantitative estimate of drug-likeness (QED) is 0.595. The highest BCUT2D eigenvalue weighted by Crippen LogP contribution is 2.33. The van der Waals surface area contributed by atoms with Gasteiger partial charge in [0.2, 0.25) is 12.7 Å². The highest BCUT2D eigenvalue weighted by molar-refractivity contribution is 5.82. The Morgan fingerprint density at radius 2 is 2.03 bits per heavy atom. The maximum atomic E-state index is 12.6. The van der Waals surface area contributed by atoms with Crippen LogP contribution < -0.4 is 30.4 Å². The maximum Gasteiger partial charge on any atom is 0.238 e.